The summed E-state index contributed by atoms with van der Waals surface area (Å²) in [4.78, 5) is 11.6. The van der Waals surface area contributed by atoms with Crippen LogP contribution < -0.4 is 4.80 Å². The highest BCUT2D eigenvalue weighted by atomic mass is 79.9. The number of para-hydroxylation sites is 1. The summed E-state index contributed by atoms with van der Waals surface area (Å²) < 4.78 is 31.3. The summed E-state index contributed by atoms with van der Waals surface area (Å²) in [6, 6.07) is 15.0. The zero-order chi connectivity index (χ0) is 18.0. The number of nitrogens with zero attached hydrogens (tertiary/aromatic N) is 2. The van der Waals surface area contributed by atoms with Crippen LogP contribution in [0.4, 0.5) is 0 Å². The van der Waals surface area contributed by atoms with Crippen molar-refractivity contribution in [1.29, 1.82) is 0 Å². The zero-order valence-corrected chi connectivity index (χ0v) is 16.4. The van der Waals surface area contributed by atoms with Crippen molar-refractivity contribution < 1.29 is 13.2 Å². The van der Waals surface area contributed by atoms with Crippen LogP contribution in [0.1, 0.15) is 9.67 Å². The van der Waals surface area contributed by atoms with E-state index >= 15 is 0 Å². The number of sulfonamides is 1. The van der Waals surface area contributed by atoms with Gasteiger partial charge in [-0.3, -0.25) is 9.36 Å². The van der Waals surface area contributed by atoms with Crippen molar-refractivity contribution in [3.05, 3.63) is 73.9 Å². The Labute approximate surface area is 161 Å². The molecular formula is C16H10BrClN2O3S2. The molecule has 0 fully saturated rings. The largest absolute Gasteiger partial charge is 0.297 e. The van der Waals surface area contributed by atoms with Gasteiger partial charge in [0.1, 0.15) is 10.0 Å². The van der Waals surface area contributed by atoms with Gasteiger partial charge in [-0.15, -0.1) is 4.40 Å². The number of halogens is 2. The first kappa shape index (κ1) is 18.1. The summed E-state index contributed by atoms with van der Waals surface area (Å²) in [6.45, 7) is 0. The van der Waals surface area contributed by atoms with E-state index in [1.165, 1.54) is 16.7 Å². The topological polar surface area (TPSA) is 68.5 Å². The number of rotatable bonds is 4. The molecule has 0 saturated heterocycles. The van der Waals surface area contributed by atoms with E-state index in [1.54, 1.807) is 36.4 Å². The van der Waals surface area contributed by atoms with Crippen LogP contribution in [0.15, 0.2) is 68.4 Å². The molecule has 3 rings (SSSR count). The third-order valence-corrected chi connectivity index (χ3v) is 6.60. The van der Waals surface area contributed by atoms with E-state index in [9.17, 15) is 13.2 Å². The van der Waals surface area contributed by atoms with Gasteiger partial charge in [0.05, 0.1) is 4.90 Å². The summed E-state index contributed by atoms with van der Waals surface area (Å²) in [6.07, 6.45) is 0.581. The van der Waals surface area contributed by atoms with Crippen LogP contribution in [0.25, 0.3) is 5.69 Å². The van der Waals surface area contributed by atoms with Gasteiger partial charge in [0.15, 0.2) is 6.29 Å². The normalized spacial score (nSPS) is 12.3. The number of hydrogen-bond donors (Lipinski definition) is 0. The molecule has 0 saturated carbocycles. The van der Waals surface area contributed by atoms with Crippen LogP contribution in [0.2, 0.25) is 5.15 Å². The molecule has 0 unspecified atom stereocenters. The van der Waals surface area contributed by atoms with Gasteiger partial charge in [0.25, 0.3) is 10.0 Å². The third-order valence-electron chi connectivity index (χ3n) is 3.22. The van der Waals surface area contributed by atoms with Gasteiger partial charge in [-0.1, -0.05) is 57.1 Å². The van der Waals surface area contributed by atoms with E-state index in [2.05, 4.69) is 20.3 Å². The van der Waals surface area contributed by atoms with Crippen LogP contribution in [-0.4, -0.2) is 19.3 Å². The maximum absolute atomic E-state index is 12.6. The van der Waals surface area contributed by atoms with Gasteiger partial charge in [-0.25, -0.2) is 0 Å². The minimum atomic E-state index is -3.95. The second-order valence-electron chi connectivity index (χ2n) is 4.85. The molecule has 0 radical (unpaired) electrons. The third kappa shape index (κ3) is 3.77. The average molecular weight is 458 g/mol. The molecule has 1 heterocycles. The Bertz CT molecular complexity index is 1090. The molecule has 0 amide bonds. The van der Waals surface area contributed by atoms with Crippen molar-refractivity contribution in [3.8, 4) is 5.69 Å². The Balaban J connectivity index is 2.25. The standard InChI is InChI=1S/C16H10BrClN2O3S2/c17-11-6-8-13(9-7-11)25(22,23)19-16-20(12-4-2-1-3-5-12)15(18)14(10-21)24-16/h1-10H. The summed E-state index contributed by atoms with van der Waals surface area (Å²) in [5, 5.41) is 0.121. The fourth-order valence-electron chi connectivity index (χ4n) is 2.08. The van der Waals surface area contributed by atoms with Crippen molar-refractivity contribution in [1.82, 2.24) is 4.57 Å². The molecule has 0 aliphatic heterocycles. The SMILES string of the molecule is O=Cc1sc(=NS(=O)(=O)c2ccc(Br)cc2)n(-c2ccccc2)c1Cl. The van der Waals surface area contributed by atoms with E-state index in [-0.39, 0.29) is 19.7 Å². The van der Waals surface area contributed by atoms with E-state index in [0.29, 0.717) is 12.0 Å². The number of thiazole rings is 1. The van der Waals surface area contributed by atoms with Gasteiger partial charge in [-0.05, 0) is 36.4 Å². The molecule has 9 heteroatoms. The van der Waals surface area contributed by atoms with Crippen LogP contribution >= 0.6 is 38.9 Å². The monoisotopic (exact) mass is 456 g/mol. The molecule has 0 spiro atoms. The van der Waals surface area contributed by atoms with E-state index < -0.39 is 10.0 Å². The first-order chi connectivity index (χ1) is 11.9. The molecule has 2 aromatic carbocycles. The van der Waals surface area contributed by atoms with Crippen LogP contribution in [0, 0.1) is 0 Å². The zero-order valence-electron chi connectivity index (χ0n) is 12.5. The molecule has 0 N–H and O–H groups in total. The highest BCUT2D eigenvalue weighted by Crippen LogP contribution is 2.22. The van der Waals surface area contributed by atoms with E-state index in [4.69, 9.17) is 11.6 Å². The van der Waals surface area contributed by atoms with Crippen molar-refractivity contribution >= 4 is 55.2 Å². The minimum Gasteiger partial charge on any atom is -0.297 e. The molecule has 1 aromatic heterocycles. The lowest BCUT2D eigenvalue weighted by molar-refractivity contribution is 0.112. The Morgan fingerprint density at radius 1 is 1.08 bits per heavy atom. The van der Waals surface area contributed by atoms with E-state index in [0.717, 1.165) is 15.8 Å². The maximum atomic E-state index is 12.6. The molecule has 5 nitrogen and oxygen atoms in total. The Hall–Kier alpha value is -1.74. The number of benzene rings is 2. The van der Waals surface area contributed by atoms with Crippen molar-refractivity contribution in [2.45, 2.75) is 4.90 Å². The average Bonchev–Trinajstić information content (AvgIpc) is 2.90. The Morgan fingerprint density at radius 2 is 1.72 bits per heavy atom. The second-order valence-corrected chi connectivity index (χ2v) is 8.74. The van der Waals surface area contributed by atoms with Gasteiger partial charge in [-0.2, -0.15) is 8.42 Å². The van der Waals surface area contributed by atoms with E-state index in [1.807, 2.05) is 6.07 Å². The molecule has 128 valence electrons. The van der Waals surface area contributed by atoms with Gasteiger partial charge >= 0.3 is 0 Å². The highest BCUT2D eigenvalue weighted by molar-refractivity contribution is 9.10. The van der Waals surface area contributed by atoms with Crippen LogP contribution in [-0.2, 0) is 10.0 Å². The van der Waals surface area contributed by atoms with Gasteiger partial charge in [0, 0.05) is 10.2 Å². The smallest absolute Gasteiger partial charge is 0.285 e. The number of aldehydes is 1. The van der Waals surface area contributed by atoms with Crippen LogP contribution in [0.3, 0.4) is 0 Å². The van der Waals surface area contributed by atoms with Crippen molar-refractivity contribution in [3.63, 3.8) is 0 Å². The van der Waals surface area contributed by atoms with Crippen molar-refractivity contribution in [2.24, 2.45) is 4.40 Å². The highest BCUT2D eigenvalue weighted by Gasteiger charge is 2.17. The number of carbonyl (C=O) groups is 1. The van der Waals surface area contributed by atoms with Crippen molar-refractivity contribution in [2.75, 3.05) is 0 Å². The summed E-state index contributed by atoms with van der Waals surface area (Å²) in [7, 11) is -3.95. The fourth-order valence-corrected chi connectivity index (χ4v) is 4.75. The lowest BCUT2D eigenvalue weighted by Gasteiger charge is -2.04. The minimum absolute atomic E-state index is 0.0486. The molecule has 3 aromatic rings. The van der Waals surface area contributed by atoms with Gasteiger partial charge in [0.2, 0.25) is 4.80 Å². The quantitative estimate of drug-likeness (QED) is 0.555. The Morgan fingerprint density at radius 3 is 2.32 bits per heavy atom. The molecule has 0 aliphatic rings. The summed E-state index contributed by atoms with van der Waals surface area (Å²) in [5.74, 6) is 0. The first-order valence-corrected chi connectivity index (χ1v) is 10.3. The molecular weight excluding hydrogens is 448 g/mol. The number of aromatic nitrogens is 1. The second kappa shape index (κ2) is 7.25. The lowest BCUT2D eigenvalue weighted by atomic mass is 10.3. The van der Waals surface area contributed by atoms with Gasteiger partial charge < -0.3 is 0 Å². The molecule has 0 aliphatic carbocycles. The van der Waals surface area contributed by atoms with Crippen LogP contribution in [0.5, 0.6) is 0 Å². The summed E-state index contributed by atoms with van der Waals surface area (Å²) >= 11 is 10.4. The molecule has 25 heavy (non-hydrogen) atoms. The fraction of sp³-hybridized carbons (Fsp3) is 0. The number of hydrogen-bond acceptors (Lipinski definition) is 4. The predicted molar refractivity (Wildman–Crippen MR) is 101 cm³/mol. The first-order valence-electron chi connectivity index (χ1n) is 6.91. The maximum Gasteiger partial charge on any atom is 0.285 e. The predicted octanol–water partition coefficient (Wildman–Crippen LogP) is 4.06. The summed E-state index contributed by atoms with van der Waals surface area (Å²) in [5.41, 5.74) is 0.613. The lowest BCUT2D eigenvalue weighted by Crippen LogP contribution is -2.15. The number of carbonyl (C=O) groups excluding carboxylic acids is 1. The Kier molecular flexibility index (Phi) is 5.24. The molecule has 0 atom stereocenters. The molecule has 0 bridgehead atoms.